The number of halogens is 1. The number of likely N-dealkylation sites (tertiary alicyclic amines) is 1. The highest BCUT2D eigenvalue weighted by molar-refractivity contribution is 6.30. The molecule has 2 aromatic carbocycles. The van der Waals surface area contributed by atoms with Crippen LogP contribution in [-0.2, 0) is 24.4 Å². The number of imidazole rings is 1. The van der Waals surface area contributed by atoms with E-state index in [1.807, 2.05) is 45.9 Å². The van der Waals surface area contributed by atoms with E-state index < -0.39 is 0 Å². The maximum Gasteiger partial charge on any atom is 0.240 e. The lowest BCUT2D eigenvalue weighted by Gasteiger charge is -2.18. The fraction of sp³-hybridized carbons (Fsp3) is 0.292. The highest BCUT2D eigenvalue weighted by atomic mass is 35.5. The van der Waals surface area contributed by atoms with Crippen LogP contribution in [0.4, 0.5) is 0 Å². The average molecular weight is 450 g/mol. The Morgan fingerprint density at radius 3 is 2.88 bits per heavy atom. The summed E-state index contributed by atoms with van der Waals surface area (Å²) in [4.78, 5) is 19.0. The second-order valence-corrected chi connectivity index (χ2v) is 8.21. The minimum absolute atomic E-state index is 0.105. The van der Waals surface area contributed by atoms with Gasteiger partial charge < -0.3 is 19.5 Å². The normalized spacial score (nSPS) is 15.7. The molecule has 1 amide bonds. The molecule has 0 bridgehead atoms. The zero-order valence-corrected chi connectivity index (χ0v) is 18.5. The number of aromatic nitrogens is 2. The van der Waals surface area contributed by atoms with Gasteiger partial charge in [-0.15, -0.1) is 0 Å². The molecule has 8 heteroatoms. The van der Waals surface area contributed by atoms with Crippen LogP contribution in [0.2, 0.25) is 5.02 Å². The molecule has 0 radical (unpaired) electrons. The van der Waals surface area contributed by atoms with E-state index in [9.17, 15) is 4.79 Å². The summed E-state index contributed by atoms with van der Waals surface area (Å²) in [7, 11) is 1.56. The van der Waals surface area contributed by atoms with Crippen molar-refractivity contribution in [3.63, 3.8) is 0 Å². The van der Waals surface area contributed by atoms with Crippen molar-refractivity contribution in [1.29, 1.82) is 5.26 Å². The third-order valence-corrected chi connectivity index (χ3v) is 5.86. The van der Waals surface area contributed by atoms with Gasteiger partial charge in [0.1, 0.15) is 11.8 Å². The standard InChI is InChI=1S/C24H24ClN5O2/c1-32-23-10-18(5-6-19(23)11-26)15-30-16-27-12-21(30)13-28-22-7-8-29(24(22)31)14-17-3-2-4-20(25)9-17/h2-6,9-10,12,16,22,28H,7-8,13-15H2,1H3/t22-/m0/s1. The van der Waals surface area contributed by atoms with Crippen LogP contribution in [0, 0.1) is 11.3 Å². The van der Waals surface area contributed by atoms with Crippen molar-refractivity contribution in [2.45, 2.75) is 32.1 Å². The van der Waals surface area contributed by atoms with Crippen molar-refractivity contribution in [1.82, 2.24) is 19.8 Å². The predicted octanol–water partition coefficient (Wildman–Crippen LogP) is 3.36. The Bertz CT molecular complexity index is 1150. The number of carbonyl (C=O) groups is 1. The van der Waals surface area contributed by atoms with Crippen LogP contribution >= 0.6 is 11.6 Å². The minimum Gasteiger partial charge on any atom is -0.495 e. The first-order valence-electron chi connectivity index (χ1n) is 10.4. The van der Waals surface area contributed by atoms with E-state index in [1.165, 1.54) is 0 Å². The van der Waals surface area contributed by atoms with Crippen molar-refractivity contribution in [2.75, 3.05) is 13.7 Å². The molecule has 4 rings (SSSR count). The van der Waals surface area contributed by atoms with Gasteiger partial charge >= 0.3 is 0 Å². The number of rotatable bonds is 8. The lowest BCUT2D eigenvalue weighted by molar-refractivity contribution is -0.129. The van der Waals surface area contributed by atoms with Gasteiger partial charge in [0.05, 0.1) is 30.7 Å². The zero-order chi connectivity index (χ0) is 22.5. The molecule has 0 unspecified atom stereocenters. The lowest BCUT2D eigenvalue weighted by Crippen LogP contribution is -2.38. The van der Waals surface area contributed by atoms with Crippen molar-refractivity contribution < 1.29 is 9.53 Å². The molecule has 7 nitrogen and oxygen atoms in total. The number of hydrogen-bond donors (Lipinski definition) is 1. The van der Waals surface area contributed by atoms with Crippen LogP contribution in [0.15, 0.2) is 55.0 Å². The van der Waals surface area contributed by atoms with Gasteiger partial charge in [-0.05, 0) is 41.8 Å². The number of carbonyl (C=O) groups excluding carboxylic acids is 1. The van der Waals surface area contributed by atoms with E-state index in [4.69, 9.17) is 21.6 Å². The van der Waals surface area contributed by atoms with E-state index in [1.54, 1.807) is 25.7 Å². The predicted molar refractivity (Wildman–Crippen MR) is 121 cm³/mol. The molecule has 32 heavy (non-hydrogen) atoms. The summed E-state index contributed by atoms with van der Waals surface area (Å²) in [6, 6.07) is 15.1. The average Bonchev–Trinajstić information content (AvgIpc) is 3.38. The maximum atomic E-state index is 12.8. The number of nitrogens with one attached hydrogen (secondary N) is 1. The summed E-state index contributed by atoms with van der Waals surface area (Å²) in [5, 5.41) is 13.2. The van der Waals surface area contributed by atoms with Gasteiger partial charge in [-0.1, -0.05) is 29.8 Å². The first-order chi connectivity index (χ1) is 15.6. The van der Waals surface area contributed by atoms with Gasteiger partial charge in [0.2, 0.25) is 5.91 Å². The molecule has 1 N–H and O–H groups in total. The molecule has 1 atom stereocenters. The van der Waals surface area contributed by atoms with Gasteiger partial charge in [0.15, 0.2) is 0 Å². The highest BCUT2D eigenvalue weighted by Crippen LogP contribution is 2.21. The molecule has 164 valence electrons. The maximum absolute atomic E-state index is 12.8. The van der Waals surface area contributed by atoms with Crippen LogP contribution < -0.4 is 10.1 Å². The molecule has 0 saturated carbocycles. The van der Waals surface area contributed by atoms with Crippen LogP contribution in [0.5, 0.6) is 5.75 Å². The number of nitriles is 1. The Hall–Kier alpha value is -3.34. The molecule has 0 aliphatic carbocycles. The SMILES string of the molecule is COc1cc(Cn2cncc2CN[C@H]2CCN(Cc3cccc(Cl)c3)C2=O)ccc1C#N. The van der Waals surface area contributed by atoms with E-state index in [0.29, 0.717) is 42.5 Å². The second-order valence-electron chi connectivity index (χ2n) is 7.77. The zero-order valence-electron chi connectivity index (χ0n) is 17.8. The molecular weight excluding hydrogens is 426 g/mol. The smallest absolute Gasteiger partial charge is 0.240 e. The molecule has 1 aromatic heterocycles. The topological polar surface area (TPSA) is 83.2 Å². The quantitative estimate of drug-likeness (QED) is 0.570. The molecular formula is C24H24ClN5O2. The van der Waals surface area contributed by atoms with Gasteiger partial charge in [-0.3, -0.25) is 4.79 Å². The van der Waals surface area contributed by atoms with Crippen molar-refractivity contribution in [3.05, 3.63) is 82.4 Å². The lowest BCUT2D eigenvalue weighted by atomic mass is 10.1. The largest absolute Gasteiger partial charge is 0.495 e. The first-order valence-corrected chi connectivity index (χ1v) is 10.8. The molecule has 2 heterocycles. The summed E-state index contributed by atoms with van der Waals surface area (Å²) < 4.78 is 7.33. The number of amides is 1. The van der Waals surface area contributed by atoms with E-state index in [0.717, 1.165) is 23.2 Å². The molecule has 1 saturated heterocycles. The van der Waals surface area contributed by atoms with Gasteiger partial charge in [0, 0.05) is 37.4 Å². The summed E-state index contributed by atoms with van der Waals surface area (Å²) in [5.74, 6) is 0.661. The molecule has 1 aliphatic heterocycles. The number of methoxy groups -OCH3 is 1. The molecule has 3 aromatic rings. The molecule has 1 aliphatic rings. The van der Waals surface area contributed by atoms with Crippen LogP contribution in [0.25, 0.3) is 0 Å². The monoisotopic (exact) mass is 449 g/mol. The number of ether oxygens (including phenoxy) is 1. The molecule has 0 spiro atoms. The van der Waals surface area contributed by atoms with Gasteiger partial charge in [0.25, 0.3) is 0 Å². The van der Waals surface area contributed by atoms with Crippen LogP contribution in [-0.4, -0.2) is 40.1 Å². The third-order valence-electron chi connectivity index (χ3n) is 5.63. The van der Waals surface area contributed by atoms with Gasteiger partial charge in [-0.25, -0.2) is 4.98 Å². The summed E-state index contributed by atoms with van der Waals surface area (Å²) in [6.45, 7) is 2.41. The summed E-state index contributed by atoms with van der Waals surface area (Å²) in [6.07, 6.45) is 4.33. The third kappa shape index (κ3) is 4.93. The molecule has 1 fully saturated rings. The minimum atomic E-state index is -0.215. The second kappa shape index (κ2) is 9.86. The summed E-state index contributed by atoms with van der Waals surface area (Å²) in [5.41, 5.74) is 3.52. The number of nitrogens with zero attached hydrogens (tertiary/aromatic N) is 4. The van der Waals surface area contributed by atoms with Gasteiger partial charge in [-0.2, -0.15) is 5.26 Å². The van der Waals surface area contributed by atoms with E-state index in [2.05, 4.69) is 16.4 Å². The Morgan fingerprint density at radius 2 is 2.09 bits per heavy atom. The Kier molecular flexibility index (Phi) is 6.74. The first kappa shape index (κ1) is 21.9. The van der Waals surface area contributed by atoms with Crippen LogP contribution in [0.1, 0.15) is 28.8 Å². The Morgan fingerprint density at radius 1 is 1.25 bits per heavy atom. The van der Waals surface area contributed by atoms with Crippen LogP contribution in [0.3, 0.4) is 0 Å². The van der Waals surface area contributed by atoms with Crippen molar-refractivity contribution >= 4 is 17.5 Å². The fourth-order valence-corrected chi connectivity index (χ4v) is 4.14. The summed E-state index contributed by atoms with van der Waals surface area (Å²) >= 11 is 6.06. The van der Waals surface area contributed by atoms with Crippen molar-refractivity contribution in [3.8, 4) is 11.8 Å². The Balaban J connectivity index is 1.36. The van der Waals surface area contributed by atoms with E-state index in [-0.39, 0.29) is 11.9 Å². The number of benzene rings is 2. The van der Waals surface area contributed by atoms with E-state index >= 15 is 0 Å². The number of hydrogen-bond acceptors (Lipinski definition) is 5. The highest BCUT2D eigenvalue weighted by Gasteiger charge is 2.31. The Labute approximate surface area is 192 Å². The fourth-order valence-electron chi connectivity index (χ4n) is 3.93. The van der Waals surface area contributed by atoms with Crippen molar-refractivity contribution in [2.24, 2.45) is 0 Å².